The van der Waals surface area contributed by atoms with Crippen LogP contribution in [0.1, 0.15) is 79.5 Å². The number of carbonyl (C=O) groups is 2. The van der Waals surface area contributed by atoms with Crippen molar-refractivity contribution in [3.63, 3.8) is 0 Å². The first-order valence-corrected chi connectivity index (χ1v) is 12.7. The van der Waals surface area contributed by atoms with Crippen molar-refractivity contribution in [1.82, 2.24) is 10.3 Å². The second kappa shape index (κ2) is 11.7. The number of aromatic nitrogens is 1. The van der Waals surface area contributed by atoms with Gasteiger partial charge in [-0.3, -0.25) is 9.78 Å². The first-order chi connectivity index (χ1) is 17.0. The van der Waals surface area contributed by atoms with E-state index >= 15 is 0 Å². The highest BCUT2D eigenvalue weighted by molar-refractivity contribution is 5.89. The number of esters is 1. The summed E-state index contributed by atoms with van der Waals surface area (Å²) >= 11 is 0. The lowest BCUT2D eigenvalue weighted by atomic mass is 9.75. The zero-order valence-electron chi connectivity index (χ0n) is 20.8. The van der Waals surface area contributed by atoms with Crippen molar-refractivity contribution in [3.8, 4) is 5.75 Å². The van der Waals surface area contributed by atoms with Gasteiger partial charge in [0.05, 0.1) is 36.4 Å². The maximum Gasteiger partial charge on any atom is 0.337 e. The van der Waals surface area contributed by atoms with Gasteiger partial charge >= 0.3 is 5.97 Å². The zero-order valence-corrected chi connectivity index (χ0v) is 20.8. The van der Waals surface area contributed by atoms with Gasteiger partial charge in [0.2, 0.25) is 5.91 Å². The monoisotopic (exact) mass is 480 g/mol. The molecule has 0 bridgehead atoms. The quantitative estimate of drug-likeness (QED) is 0.549. The van der Waals surface area contributed by atoms with E-state index in [0.29, 0.717) is 44.1 Å². The van der Waals surface area contributed by atoms with Crippen molar-refractivity contribution in [2.75, 3.05) is 26.9 Å². The van der Waals surface area contributed by atoms with Crippen LogP contribution in [-0.4, -0.2) is 43.8 Å². The van der Waals surface area contributed by atoms with E-state index in [1.54, 1.807) is 18.3 Å². The predicted molar refractivity (Wildman–Crippen MR) is 132 cm³/mol. The van der Waals surface area contributed by atoms with Gasteiger partial charge in [-0.25, -0.2) is 4.79 Å². The Bertz CT molecular complexity index is 995. The number of carbonyl (C=O) groups excluding carboxylic acids is 2. The molecule has 1 saturated carbocycles. The number of nitrogens with one attached hydrogen (secondary N) is 1. The minimum Gasteiger partial charge on any atom is -0.493 e. The van der Waals surface area contributed by atoms with Crippen LogP contribution < -0.4 is 10.1 Å². The van der Waals surface area contributed by atoms with Crippen molar-refractivity contribution < 1.29 is 23.8 Å². The number of hydrogen-bond donors (Lipinski definition) is 1. The van der Waals surface area contributed by atoms with E-state index in [1.807, 2.05) is 31.2 Å². The summed E-state index contributed by atoms with van der Waals surface area (Å²) in [7, 11) is 1.36. The Morgan fingerprint density at radius 2 is 1.83 bits per heavy atom. The molecule has 0 spiro atoms. The SMILES string of the molecule is COC(=O)c1ccc([C@H](C)NC(=O)C2(c3cc(OCC4CCCCC4)ccn3)CCOCC2)cc1. The van der Waals surface area contributed by atoms with Crippen LogP contribution in [0.15, 0.2) is 42.6 Å². The maximum absolute atomic E-state index is 13.7. The molecule has 1 atom stereocenters. The second-order valence-electron chi connectivity index (χ2n) is 9.70. The third-order valence-electron chi connectivity index (χ3n) is 7.39. The molecular weight excluding hydrogens is 444 g/mol. The number of pyridine rings is 1. The number of benzene rings is 1. The number of hydrogen-bond acceptors (Lipinski definition) is 6. The van der Waals surface area contributed by atoms with Crippen molar-refractivity contribution in [1.29, 1.82) is 0 Å². The summed E-state index contributed by atoms with van der Waals surface area (Å²) in [5, 5.41) is 3.18. The molecule has 1 aliphatic carbocycles. The molecular formula is C28H36N2O5. The molecule has 35 heavy (non-hydrogen) atoms. The smallest absolute Gasteiger partial charge is 0.337 e. The molecule has 2 aliphatic rings. The van der Waals surface area contributed by atoms with E-state index in [4.69, 9.17) is 14.2 Å². The molecule has 2 heterocycles. The predicted octanol–water partition coefficient (Wildman–Crippen LogP) is 4.75. The van der Waals surface area contributed by atoms with Crippen LogP contribution in [-0.2, 0) is 19.7 Å². The van der Waals surface area contributed by atoms with Gasteiger partial charge in [0.1, 0.15) is 5.75 Å². The molecule has 0 radical (unpaired) electrons. The molecule has 1 aliphatic heterocycles. The molecule has 2 aromatic rings. The summed E-state index contributed by atoms with van der Waals surface area (Å²) < 4.78 is 16.5. The summed E-state index contributed by atoms with van der Waals surface area (Å²) in [6.07, 6.45) is 9.19. The van der Waals surface area contributed by atoms with Crippen LogP contribution >= 0.6 is 0 Å². The van der Waals surface area contributed by atoms with Crippen molar-refractivity contribution >= 4 is 11.9 Å². The zero-order chi connectivity index (χ0) is 24.7. The van der Waals surface area contributed by atoms with Gasteiger partial charge in [-0.15, -0.1) is 0 Å². The lowest BCUT2D eigenvalue weighted by Crippen LogP contribution is -2.49. The summed E-state index contributed by atoms with van der Waals surface area (Å²) in [5.74, 6) is 0.922. The van der Waals surface area contributed by atoms with Gasteiger partial charge in [-0.1, -0.05) is 31.4 Å². The van der Waals surface area contributed by atoms with E-state index in [9.17, 15) is 9.59 Å². The van der Waals surface area contributed by atoms with Crippen LogP contribution in [0.4, 0.5) is 0 Å². The molecule has 0 unspecified atom stereocenters. The number of amides is 1. The molecule has 7 heteroatoms. The van der Waals surface area contributed by atoms with Crippen molar-refractivity contribution in [2.45, 2.75) is 63.3 Å². The number of methoxy groups -OCH3 is 1. The molecule has 7 nitrogen and oxygen atoms in total. The molecule has 2 fully saturated rings. The fraction of sp³-hybridized carbons (Fsp3) is 0.536. The fourth-order valence-corrected chi connectivity index (χ4v) is 5.09. The average molecular weight is 481 g/mol. The van der Waals surface area contributed by atoms with Gasteiger partial charge in [0.15, 0.2) is 0 Å². The lowest BCUT2D eigenvalue weighted by molar-refractivity contribution is -0.131. The molecule has 1 saturated heterocycles. The van der Waals surface area contributed by atoms with E-state index in [-0.39, 0.29) is 17.9 Å². The van der Waals surface area contributed by atoms with E-state index in [1.165, 1.54) is 39.2 Å². The first-order valence-electron chi connectivity index (χ1n) is 12.7. The number of rotatable bonds is 8. The average Bonchev–Trinajstić information content (AvgIpc) is 2.92. The second-order valence-corrected chi connectivity index (χ2v) is 9.70. The van der Waals surface area contributed by atoms with Crippen molar-refractivity contribution in [3.05, 3.63) is 59.4 Å². The lowest BCUT2D eigenvalue weighted by Gasteiger charge is -2.36. The molecule has 1 amide bonds. The third kappa shape index (κ3) is 6.01. The summed E-state index contributed by atoms with van der Waals surface area (Å²) in [6.45, 7) is 3.66. The summed E-state index contributed by atoms with van der Waals surface area (Å²) in [5.41, 5.74) is 1.34. The Morgan fingerprint density at radius 1 is 1.11 bits per heavy atom. The molecule has 4 rings (SSSR count). The molecule has 1 aromatic carbocycles. The maximum atomic E-state index is 13.7. The summed E-state index contributed by atoms with van der Waals surface area (Å²) in [6, 6.07) is 10.7. The van der Waals surface area contributed by atoms with Gasteiger partial charge in [-0.2, -0.15) is 0 Å². The fourth-order valence-electron chi connectivity index (χ4n) is 5.09. The van der Waals surface area contributed by atoms with Gasteiger partial charge in [-0.05, 0) is 62.3 Å². The number of ether oxygens (including phenoxy) is 3. The van der Waals surface area contributed by atoms with Crippen LogP contribution in [0.5, 0.6) is 5.75 Å². The number of nitrogens with zero attached hydrogens (tertiary/aromatic N) is 1. The minimum absolute atomic E-state index is 0.0673. The van der Waals surface area contributed by atoms with Gasteiger partial charge in [0.25, 0.3) is 0 Å². The van der Waals surface area contributed by atoms with Crippen LogP contribution in [0.25, 0.3) is 0 Å². The minimum atomic E-state index is -0.775. The Hall–Kier alpha value is -2.93. The standard InChI is InChI=1S/C28H36N2O5/c1-20(22-8-10-23(11-9-22)26(31)33-2)30-27(32)28(13-16-34-17-14-28)25-18-24(12-15-29-25)35-19-21-6-4-3-5-7-21/h8-12,15,18,20-21H,3-7,13-14,16-17,19H2,1-2H3,(H,30,32)/t20-/m0/s1. The van der Waals surface area contributed by atoms with Crippen LogP contribution in [0.3, 0.4) is 0 Å². The largest absolute Gasteiger partial charge is 0.493 e. The van der Waals surface area contributed by atoms with E-state index in [2.05, 4.69) is 10.3 Å². The normalized spacial score (nSPS) is 18.9. The molecule has 188 valence electrons. The Morgan fingerprint density at radius 3 is 2.51 bits per heavy atom. The van der Waals surface area contributed by atoms with Crippen molar-refractivity contribution in [2.24, 2.45) is 5.92 Å². The Labute approximate surface area is 207 Å². The van der Waals surface area contributed by atoms with E-state index in [0.717, 1.165) is 17.0 Å². The highest BCUT2D eigenvalue weighted by Crippen LogP contribution is 2.36. The van der Waals surface area contributed by atoms with Crippen LogP contribution in [0.2, 0.25) is 0 Å². The van der Waals surface area contributed by atoms with Gasteiger partial charge in [0, 0.05) is 25.5 Å². The highest BCUT2D eigenvalue weighted by atomic mass is 16.5. The third-order valence-corrected chi connectivity index (χ3v) is 7.39. The molecule has 1 N–H and O–H groups in total. The summed E-state index contributed by atoms with van der Waals surface area (Å²) in [4.78, 5) is 30.1. The Balaban J connectivity index is 1.48. The topological polar surface area (TPSA) is 86.8 Å². The first kappa shape index (κ1) is 25.2. The van der Waals surface area contributed by atoms with Gasteiger partial charge < -0.3 is 19.5 Å². The highest BCUT2D eigenvalue weighted by Gasteiger charge is 2.43. The van der Waals surface area contributed by atoms with Crippen LogP contribution in [0, 0.1) is 5.92 Å². The molecule has 1 aromatic heterocycles. The van der Waals surface area contributed by atoms with E-state index < -0.39 is 5.41 Å². The Kier molecular flexibility index (Phi) is 8.39.